The fourth-order valence-electron chi connectivity index (χ4n) is 2.37. The highest BCUT2D eigenvalue weighted by Crippen LogP contribution is 2.27. The predicted molar refractivity (Wildman–Crippen MR) is 83.5 cm³/mol. The monoisotopic (exact) mass is 321 g/mol. The number of hydrogen-bond acceptors (Lipinski definition) is 6. The summed E-state index contributed by atoms with van der Waals surface area (Å²) in [6, 6.07) is 3.11. The van der Waals surface area contributed by atoms with Gasteiger partial charge in [-0.3, -0.25) is 0 Å². The first kappa shape index (κ1) is 15.4. The van der Waals surface area contributed by atoms with Crippen molar-refractivity contribution >= 4 is 23.0 Å². The largest absolute Gasteiger partial charge is 0.393 e. The number of rotatable bonds is 5. The number of ether oxygens (including phenoxy) is 1. The average molecular weight is 321 g/mol. The Morgan fingerprint density at radius 1 is 1.26 bits per heavy atom. The lowest BCUT2D eigenvalue weighted by atomic mass is 10.2. The van der Waals surface area contributed by atoms with Crippen LogP contribution in [0.1, 0.15) is 12.8 Å². The summed E-state index contributed by atoms with van der Waals surface area (Å²) in [5.74, 6) is -0.523. The summed E-state index contributed by atoms with van der Waals surface area (Å²) in [6.07, 6.45) is 3.45. The smallest absolute Gasteiger partial charge is 0.159 e. The second-order valence-electron chi connectivity index (χ2n) is 5.25. The molecule has 0 radical (unpaired) electrons. The Morgan fingerprint density at radius 3 is 2.87 bits per heavy atom. The van der Waals surface area contributed by atoms with Gasteiger partial charge in [0.1, 0.15) is 23.6 Å². The van der Waals surface area contributed by atoms with Crippen LogP contribution >= 0.6 is 0 Å². The van der Waals surface area contributed by atoms with Crippen LogP contribution in [0.4, 0.5) is 31.8 Å². The topological polar surface area (TPSA) is 85.1 Å². The van der Waals surface area contributed by atoms with Crippen molar-refractivity contribution in [3.8, 4) is 0 Å². The number of nitrogens with zero attached hydrogens (tertiary/aromatic N) is 2. The summed E-state index contributed by atoms with van der Waals surface area (Å²) >= 11 is 0. The normalized spacial score (nSPS) is 17.2. The van der Waals surface area contributed by atoms with E-state index in [0.717, 1.165) is 37.6 Å². The third-order valence-electron chi connectivity index (χ3n) is 3.59. The molecule has 1 aliphatic rings. The minimum absolute atomic E-state index is 0.0412. The minimum Gasteiger partial charge on any atom is -0.393 e. The zero-order valence-corrected chi connectivity index (χ0v) is 12.4. The molecule has 1 aromatic carbocycles. The Morgan fingerprint density at radius 2 is 2.09 bits per heavy atom. The van der Waals surface area contributed by atoms with Gasteiger partial charge in [0.15, 0.2) is 11.6 Å². The predicted octanol–water partition coefficient (Wildman–Crippen LogP) is 2.67. The molecule has 0 spiro atoms. The lowest BCUT2D eigenvalue weighted by molar-refractivity contribution is 0.120. The summed E-state index contributed by atoms with van der Waals surface area (Å²) in [7, 11) is 0. The van der Waals surface area contributed by atoms with E-state index in [0.29, 0.717) is 12.4 Å². The quantitative estimate of drug-likeness (QED) is 0.785. The minimum atomic E-state index is -0.599. The first-order valence-electron chi connectivity index (χ1n) is 7.31. The van der Waals surface area contributed by atoms with E-state index in [1.165, 1.54) is 6.33 Å². The fourth-order valence-corrected chi connectivity index (χ4v) is 2.37. The van der Waals surface area contributed by atoms with E-state index in [2.05, 4.69) is 20.6 Å². The maximum atomic E-state index is 13.7. The van der Waals surface area contributed by atoms with Gasteiger partial charge < -0.3 is 21.1 Å². The molecule has 4 N–H and O–H groups in total. The summed E-state index contributed by atoms with van der Waals surface area (Å²) in [4.78, 5) is 8.05. The molecule has 3 rings (SSSR count). The number of aromatic nitrogens is 2. The molecule has 1 aromatic heterocycles. The Bertz CT molecular complexity index is 692. The van der Waals surface area contributed by atoms with Crippen molar-refractivity contribution in [2.45, 2.75) is 18.9 Å². The van der Waals surface area contributed by atoms with Gasteiger partial charge in [0.2, 0.25) is 0 Å². The molecule has 0 aliphatic carbocycles. The maximum absolute atomic E-state index is 13.7. The van der Waals surface area contributed by atoms with Crippen LogP contribution in [0, 0.1) is 11.6 Å². The molecule has 1 fully saturated rings. The molecule has 0 saturated carbocycles. The Hall–Kier alpha value is -2.48. The number of nitrogen functional groups attached to an aromatic ring is 1. The van der Waals surface area contributed by atoms with Crippen molar-refractivity contribution in [3.05, 3.63) is 36.2 Å². The van der Waals surface area contributed by atoms with E-state index in [1.807, 2.05) is 0 Å². The molecule has 2 aromatic rings. The SMILES string of the molecule is Nc1c(NCC2CCCO2)ncnc1Nc1cc(F)ccc1F. The highest BCUT2D eigenvalue weighted by Gasteiger charge is 2.17. The molecule has 0 bridgehead atoms. The zero-order valence-electron chi connectivity index (χ0n) is 12.4. The van der Waals surface area contributed by atoms with Crippen molar-refractivity contribution in [3.63, 3.8) is 0 Å². The summed E-state index contributed by atoms with van der Waals surface area (Å²) in [5.41, 5.74) is 6.19. The molecule has 1 atom stereocenters. The van der Waals surface area contributed by atoms with Crippen molar-refractivity contribution < 1.29 is 13.5 Å². The molecule has 1 aliphatic heterocycles. The standard InChI is InChI=1S/C15H17F2N5O/c16-9-3-4-11(17)12(6-9)22-15-13(18)14(20-8-21-15)19-7-10-2-1-5-23-10/h3-4,6,8,10H,1-2,5,7,18H2,(H2,19,20,21,22). The first-order valence-corrected chi connectivity index (χ1v) is 7.31. The molecular weight excluding hydrogens is 304 g/mol. The molecule has 1 unspecified atom stereocenters. The maximum Gasteiger partial charge on any atom is 0.159 e. The van der Waals surface area contributed by atoms with Crippen molar-refractivity contribution in [1.29, 1.82) is 0 Å². The average Bonchev–Trinajstić information content (AvgIpc) is 3.05. The second-order valence-corrected chi connectivity index (χ2v) is 5.25. The number of anilines is 4. The number of nitrogens with one attached hydrogen (secondary N) is 2. The van der Waals surface area contributed by atoms with Gasteiger partial charge in [-0.05, 0) is 25.0 Å². The number of halogens is 2. The Balaban J connectivity index is 1.74. The van der Waals surface area contributed by atoms with E-state index in [9.17, 15) is 8.78 Å². The van der Waals surface area contributed by atoms with Crippen LogP contribution in [-0.4, -0.2) is 29.2 Å². The van der Waals surface area contributed by atoms with Crippen molar-refractivity contribution in [2.75, 3.05) is 29.5 Å². The number of nitrogens with two attached hydrogens (primary N) is 1. The molecular formula is C15H17F2N5O. The summed E-state index contributed by atoms with van der Waals surface area (Å²) in [6.45, 7) is 1.34. The third-order valence-corrected chi connectivity index (χ3v) is 3.59. The van der Waals surface area contributed by atoms with Crippen LogP contribution in [0.5, 0.6) is 0 Å². The number of hydrogen-bond donors (Lipinski definition) is 3. The Kier molecular flexibility index (Phi) is 4.52. The zero-order chi connectivity index (χ0) is 16.2. The van der Waals surface area contributed by atoms with Gasteiger partial charge in [0.05, 0.1) is 11.8 Å². The van der Waals surface area contributed by atoms with E-state index in [-0.39, 0.29) is 23.3 Å². The molecule has 2 heterocycles. The second kappa shape index (κ2) is 6.74. The molecule has 122 valence electrons. The lowest BCUT2D eigenvalue weighted by Crippen LogP contribution is -2.20. The van der Waals surface area contributed by atoms with Gasteiger partial charge in [-0.25, -0.2) is 18.7 Å². The molecule has 8 heteroatoms. The number of benzene rings is 1. The Labute approximate surface area is 132 Å². The summed E-state index contributed by atoms with van der Waals surface area (Å²) < 4.78 is 32.4. The fraction of sp³-hybridized carbons (Fsp3) is 0.333. The van der Waals surface area contributed by atoms with Crippen LogP contribution < -0.4 is 16.4 Å². The van der Waals surface area contributed by atoms with Gasteiger partial charge in [-0.2, -0.15) is 0 Å². The van der Waals surface area contributed by atoms with E-state index in [4.69, 9.17) is 10.5 Å². The van der Waals surface area contributed by atoms with Crippen LogP contribution in [0.15, 0.2) is 24.5 Å². The van der Waals surface area contributed by atoms with E-state index >= 15 is 0 Å². The molecule has 0 amide bonds. The van der Waals surface area contributed by atoms with E-state index < -0.39 is 11.6 Å². The van der Waals surface area contributed by atoms with Crippen LogP contribution in [0.3, 0.4) is 0 Å². The first-order chi connectivity index (χ1) is 11.1. The summed E-state index contributed by atoms with van der Waals surface area (Å²) in [5, 5.41) is 5.79. The van der Waals surface area contributed by atoms with Crippen molar-refractivity contribution in [1.82, 2.24) is 9.97 Å². The van der Waals surface area contributed by atoms with Crippen molar-refractivity contribution in [2.24, 2.45) is 0 Å². The highest BCUT2D eigenvalue weighted by molar-refractivity contribution is 5.77. The van der Waals surface area contributed by atoms with Gasteiger partial charge >= 0.3 is 0 Å². The van der Waals surface area contributed by atoms with Gasteiger partial charge in [-0.15, -0.1) is 0 Å². The highest BCUT2D eigenvalue weighted by atomic mass is 19.1. The van der Waals surface area contributed by atoms with Crippen LogP contribution in [0.25, 0.3) is 0 Å². The lowest BCUT2D eigenvalue weighted by Gasteiger charge is -2.15. The van der Waals surface area contributed by atoms with Gasteiger partial charge in [-0.1, -0.05) is 0 Å². The van der Waals surface area contributed by atoms with Gasteiger partial charge in [0, 0.05) is 19.2 Å². The van der Waals surface area contributed by atoms with E-state index in [1.54, 1.807) is 0 Å². The molecule has 1 saturated heterocycles. The van der Waals surface area contributed by atoms with Crippen LogP contribution in [-0.2, 0) is 4.74 Å². The van der Waals surface area contributed by atoms with Gasteiger partial charge in [0.25, 0.3) is 0 Å². The third kappa shape index (κ3) is 3.65. The molecule has 6 nitrogen and oxygen atoms in total. The van der Waals surface area contributed by atoms with Crippen LogP contribution in [0.2, 0.25) is 0 Å². The molecule has 23 heavy (non-hydrogen) atoms.